The third-order valence-corrected chi connectivity index (χ3v) is 4.25. The third kappa shape index (κ3) is 3.86. The Morgan fingerprint density at radius 3 is 2.45 bits per heavy atom. The van der Waals surface area contributed by atoms with Gasteiger partial charge in [0.2, 0.25) is 0 Å². The van der Waals surface area contributed by atoms with E-state index in [9.17, 15) is 17.6 Å². The summed E-state index contributed by atoms with van der Waals surface area (Å²) in [7, 11) is -3.94. The first kappa shape index (κ1) is 16.1. The molecule has 2 rings (SSSR count). The first-order valence-electron chi connectivity index (χ1n) is 5.92. The molecule has 9 heteroatoms. The van der Waals surface area contributed by atoms with Gasteiger partial charge in [-0.15, -0.1) is 0 Å². The van der Waals surface area contributed by atoms with Crippen LogP contribution in [0.15, 0.2) is 47.4 Å². The van der Waals surface area contributed by atoms with Crippen LogP contribution < -0.4 is 15.8 Å². The van der Waals surface area contributed by atoms with E-state index in [1.165, 1.54) is 24.3 Å². The number of hydrogen-bond donors (Lipinski definition) is 3. The summed E-state index contributed by atoms with van der Waals surface area (Å²) in [6.07, 6.45) is 0. The van der Waals surface area contributed by atoms with Crippen LogP contribution in [0.2, 0.25) is 5.02 Å². The summed E-state index contributed by atoms with van der Waals surface area (Å²) < 4.78 is 39.8. The number of halogens is 2. The Kier molecular flexibility index (Phi) is 4.53. The Morgan fingerprint density at radius 1 is 1.14 bits per heavy atom. The van der Waals surface area contributed by atoms with Crippen LogP contribution in [0.1, 0.15) is 0 Å². The van der Waals surface area contributed by atoms with Crippen molar-refractivity contribution in [3.8, 4) is 0 Å². The van der Waals surface area contributed by atoms with Crippen LogP contribution in [0.5, 0.6) is 0 Å². The molecule has 2 aromatic rings. The van der Waals surface area contributed by atoms with Gasteiger partial charge >= 0.3 is 6.03 Å². The quantitative estimate of drug-likeness (QED) is 0.795. The van der Waals surface area contributed by atoms with Crippen molar-refractivity contribution in [3.63, 3.8) is 0 Å². The Bertz CT molecular complexity index is 827. The average Bonchev–Trinajstić information content (AvgIpc) is 2.40. The van der Waals surface area contributed by atoms with Gasteiger partial charge < -0.3 is 11.1 Å². The van der Waals surface area contributed by atoms with Gasteiger partial charge in [-0.3, -0.25) is 4.72 Å². The van der Waals surface area contributed by atoms with Crippen molar-refractivity contribution in [2.45, 2.75) is 4.90 Å². The SMILES string of the molecule is NC(=O)Nc1cccc(NS(=O)(=O)c2ccc(F)c(Cl)c2)c1. The summed E-state index contributed by atoms with van der Waals surface area (Å²) >= 11 is 5.58. The lowest BCUT2D eigenvalue weighted by atomic mass is 10.3. The third-order valence-electron chi connectivity index (χ3n) is 2.58. The van der Waals surface area contributed by atoms with Gasteiger partial charge in [-0.1, -0.05) is 17.7 Å². The minimum atomic E-state index is -3.94. The zero-order valence-electron chi connectivity index (χ0n) is 11.0. The first-order chi connectivity index (χ1) is 10.3. The number of nitrogens with one attached hydrogen (secondary N) is 2. The van der Waals surface area contributed by atoms with E-state index in [0.29, 0.717) is 5.69 Å². The molecule has 2 amide bonds. The van der Waals surface area contributed by atoms with Gasteiger partial charge in [0, 0.05) is 5.69 Å². The molecule has 0 aliphatic carbocycles. The second-order valence-corrected chi connectivity index (χ2v) is 6.34. The molecule has 0 bridgehead atoms. The number of benzene rings is 2. The first-order valence-corrected chi connectivity index (χ1v) is 7.78. The van der Waals surface area contributed by atoms with E-state index in [-0.39, 0.29) is 15.6 Å². The molecule has 0 aliphatic heterocycles. The number of rotatable bonds is 4. The van der Waals surface area contributed by atoms with Crippen LogP contribution in [0, 0.1) is 5.82 Å². The number of amides is 2. The Balaban J connectivity index is 2.28. The molecule has 0 aliphatic rings. The molecule has 0 spiro atoms. The molecule has 4 N–H and O–H groups in total. The lowest BCUT2D eigenvalue weighted by Crippen LogP contribution is -2.19. The number of carbonyl (C=O) groups excluding carboxylic acids is 1. The van der Waals surface area contributed by atoms with Crippen molar-refractivity contribution in [2.24, 2.45) is 5.73 Å². The van der Waals surface area contributed by atoms with Gasteiger partial charge in [0.05, 0.1) is 15.6 Å². The van der Waals surface area contributed by atoms with E-state index in [1.807, 2.05) is 0 Å². The summed E-state index contributed by atoms with van der Waals surface area (Å²) in [5, 5.41) is 2.02. The van der Waals surface area contributed by atoms with E-state index < -0.39 is 21.9 Å². The Morgan fingerprint density at radius 2 is 1.82 bits per heavy atom. The monoisotopic (exact) mass is 343 g/mol. The zero-order valence-corrected chi connectivity index (χ0v) is 12.6. The normalized spacial score (nSPS) is 11.0. The molecule has 0 fully saturated rings. The van der Waals surface area contributed by atoms with Gasteiger partial charge in [0.15, 0.2) is 0 Å². The largest absolute Gasteiger partial charge is 0.351 e. The molecule has 116 valence electrons. The summed E-state index contributed by atoms with van der Waals surface area (Å²) in [6, 6.07) is 8.22. The fraction of sp³-hybridized carbons (Fsp3) is 0. The van der Waals surface area contributed by atoms with E-state index >= 15 is 0 Å². The predicted molar refractivity (Wildman–Crippen MR) is 81.9 cm³/mol. The standard InChI is InChI=1S/C13H11ClFN3O3S/c14-11-7-10(4-5-12(11)15)22(20,21)18-9-3-1-2-8(6-9)17-13(16)19/h1-7,18H,(H3,16,17,19). The highest BCUT2D eigenvalue weighted by atomic mass is 35.5. The van der Waals surface area contributed by atoms with Gasteiger partial charge in [0.1, 0.15) is 5.82 Å². The van der Waals surface area contributed by atoms with E-state index in [4.69, 9.17) is 17.3 Å². The van der Waals surface area contributed by atoms with Crippen molar-refractivity contribution in [1.29, 1.82) is 0 Å². The lowest BCUT2D eigenvalue weighted by molar-refractivity contribution is 0.259. The van der Waals surface area contributed by atoms with Crippen molar-refractivity contribution in [1.82, 2.24) is 0 Å². The Labute approximate surface area is 131 Å². The highest BCUT2D eigenvalue weighted by molar-refractivity contribution is 7.92. The van der Waals surface area contributed by atoms with Gasteiger partial charge in [-0.25, -0.2) is 17.6 Å². The van der Waals surface area contributed by atoms with E-state index in [1.54, 1.807) is 0 Å². The van der Waals surface area contributed by atoms with Gasteiger partial charge in [-0.05, 0) is 36.4 Å². The van der Waals surface area contributed by atoms with Gasteiger partial charge in [-0.2, -0.15) is 0 Å². The number of primary amides is 1. The van der Waals surface area contributed by atoms with Crippen molar-refractivity contribution >= 4 is 39.0 Å². The summed E-state index contributed by atoms with van der Waals surface area (Å²) in [5.74, 6) is -0.715. The second-order valence-electron chi connectivity index (χ2n) is 4.25. The zero-order chi connectivity index (χ0) is 16.3. The molecule has 0 radical (unpaired) electrons. The maximum atomic E-state index is 13.1. The highest BCUT2D eigenvalue weighted by Crippen LogP contribution is 2.23. The topological polar surface area (TPSA) is 101 Å². The van der Waals surface area contributed by atoms with Crippen LogP contribution in [0.3, 0.4) is 0 Å². The molecule has 0 unspecified atom stereocenters. The lowest BCUT2D eigenvalue weighted by Gasteiger charge is -2.10. The molecular formula is C13H11ClFN3O3S. The molecule has 0 atom stereocenters. The van der Waals surface area contributed by atoms with Crippen LogP contribution >= 0.6 is 11.6 Å². The van der Waals surface area contributed by atoms with E-state index in [2.05, 4.69) is 10.0 Å². The minimum Gasteiger partial charge on any atom is -0.351 e. The van der Waals surface area contributed by atoms with Crippen LogP contribution in [0.4, 0.5) is 20.6 Å². The molecule has 2 aromatic carbocycles. The summed E-state index contributed by atoms with van der Waals surface area (Å²) in [5.41, 5.74) is 5.51. The highest BCUT2D eigenvalue weighted by Gasteiger charge is 2.16. The molecule has 22 heavy (non-hydrogen) atoms. The smallest absolute Gasteiger partial charge is 0.316 e. The summed E-state index contributed by atoms with van der Waals surface area (Å²) in [6.45, 7) is 0. The van der Waals surface area contributed by atoms with Crippen LogP contribution in [0.25, 0.3) is 0 Å². The predicted octanol–water partition coefficient (Wildman–Crippen LogP) is 2.77. The molecule has 0 aromatic heterocycles. The van der Waals surface area contributed by atoms with Crippen molar-refractivity contribution < 1.29 is 17.6 Å². The van der Waals surface area contributed by atoms with E-state index in [0.717, 1.165) is 18.2 Å². The number of carbonyl (C=O) groups is 1. The molecule has 0 heterocycles. The fourth-order valence-corrected chi connectivity index (χ4v) is 2.98. The average molecular weight is 344 g/mol. The second kappa shape index (κ2) is 6.20. The fourth-order valence-electron chi connectivity index (χ4n) is 1.66. The molecular weight excluding hydrogens is 333 g/mol. The van der Waals surface area contributed by atoms with Crippen molar-refractivity contribution in [2.75, 3.05) is 10.0 Å². The molecule has 6 nitrogen and oxygen atoms in total. The van der Waals surface area contributed by atoms with Crippen LogP contribution in [-0.4, -0.2) is 14.4 Å². The van der Waals surface area contributed by atoms with Crippen LogP contribution in [-0.2, 0) is 10.0 Å². The number of hydrogen-bond acceptors (Lipinski definition) is 3. The number of nitrogens with two attached hydrogens (primary N) is 1. The number of urea groups is 1. The van der Waals surface area contributed by atoms with Gasteiger partial charge in [0.25, 0.3) is 10.0 Å². The molecule has 0 saturated heterocycles. The summed E-state index contributed by atoms with van der Waals surface area (Å²) in [4.78, 5) is 10.6. The maximum absolute atomic E-state index is 13.1. The maximum Gasteiger partial charge on any atom is 0.316 e. The molecule has 0 saturated carbocycles. The minimum absolute atomic E-state index is 0.188. The number of sulfonamides is 1. The number of anilines is 2. The Hall–Kier alpha value is -2.32. The van der Waals surface area contributed by atoms with Crippen molar-refractivity contribution in [3.05, 3.63) is 53.3 Å².